The maximum Gasteiger partial charge on any atom is 0.260 e. The van der Waals surface area contributed by atoms with Gasteiger partial charge in [-0.2, -0.15) is 0 Å². The van der Waals surface area contributed by atoms with Crippen LogP contribution in [0.15, 0.2) is 53.5 Å². The number of halogens is 1. The zero-order valence-corrected chi connectivity index (χ0v) is 9.28. The second-order valence-corrected chi connectivity index (χ2v) is 4.21. The highest BCUT2D eigenvalue weighted by Crippen LogP contribution is 2.13. The Kier molecular flexibility index (Phi) is 3.41. The molecular formula is C12H10FNOS. The van der Waals surface area contributed by atoms with Gasteiger partial charge in [0.1, 0.15) is 5.82 Å². The standard InChI is InChI=1S/C12H10FNOS/c13-11-5-3-4-10(8-11)9-16-14-7-2-1-6-12(14)15/h1-8H,9H2. The molecule has 0 unspecified atom stereocenters. The van der Waals surface area contributed by atoms with Gasteiger partial charge in [0, 0.05) is 18.0 Å². The molecule has 16 heavy (non-hydrogen) atoms. The first kappa shape index (κ1) is 11.0. The van der Waals surface area contributed by atoms with Gasteiger partial charge in [0.2, 0.25) is 0 Å². The molecule has 1 aromatic carbocycles. The minimum absolute atomic E-state index is 0.0658. The summed E-state index contributed by atoms with van der Waals surface area (Å²) in [4.78, 5) is 11.4. The molecule has 0 aliphatic carbocycles. The van der Waals surface area contributed by atoms with Gasteiger partial charge in [-0.3, -0.25) is 8.77 Å². The molecule has 0 atom stereocenters. The van der Waals surface area contributed by atoms with Crippen LogP contribution in [0.5, 0.6) is 0 Å². The van der Waals surface area contributed by atoms with E-state index < -0.39 is 0 Å². The van der Waals surface area contributed by atoms with Crippen LogP contribution in [0.1, 0.15) is 5.56 Å². The molecule has 1 heterocycles. The van der Waals surface area contributed by atoms with Gasteiger partial charge in [-0.1, -0.05) is 18.2 Å². The first-order chi connectivity index (χ1) is 7.75. The van der Waals surface area contributed by atoms with Crippen molar-refractivity contribution in [1.82, 2.24) is 3.97 Å². The largest absolute Gasteiger partial charge is 0.268 e. The lowest BCUT2D eigenvalue weighted by molar-refractivity contribution is 0.626. The Bertz CT molecular complexity index is 538. The summed E-state index contributed by atoms with van der Waals surface area (Å²) in [6.45, 7) is 0. The number of benzene rings is 1. The average molecular weight is 235 g/mol. The van der Waals surface area contributed by atoms with Crippen molar-refractivity contribution in [3.05, 3.63) is 70.4 Å². The van der Waals surface area contributed by atoms with Crippen molar-refractivity contribution in [2.24, 2.45) is 0 Å². The molecule has 0 bridgehead atoms. The highest BCUT2D eigenvalue weighted by Gasteiger charge is 1.98. The molecule has 0 radical (unpaired) electrons. The van der Waals surface area contributed by atoms with Crippen molar-refractivity contribution in [1.29, 1.82) is 0 Å². The van der Waals surface area contributed by atoms with Crippen molar-refractivity contribution in [3.63, 3.8) is 0 Å². The van der Waals surface area contributed by atoms with E-state index in [-0.39, 0.29) is 11.4 Å². The number of hydrogen-bond acceptors (Lipinski definition) is 2. The van der Waals surface area contributed by atoms with Crippen molar-refractivity contribution in [2.45, 2.75) is 5.75 Å². The van der Waals surface area contributed by atoms with E-state index in [0.717, 1.165) is 5.56 Å². The summed E-state index contributed by atoms with van der Waals surface area (Å²) < 4.78 is 14.4. The third-order valence-electron chi connectivity index (χ3n) is 2.05. The molecule has 82 valence electrons. The predicted molar refractivity (Wildman–Crippen MR) is 63.8 cm³/mol. The van der Waals surface area contributed by atoms with Crippen LogP contribution in [0.4, 0.5) is 4.39 Å². The van der Waals surface area contributed by atoms with Gasteiger partial charge in [-0.25, -0.2) is 4.39 Å². The van der Waals surface area contributed by atoms with Crippen LogP contribution >= 0.6 is 11.9 Å². The zero-order valence-electron chi connectivity index (χ0n) is 8.47. The van der Waals surface area contributed by atoms with Crippen LogP contribution < -0.4 is 5.56 Å². The van der Waals surface area contributed by atoms with E-state index in [1.807, 2.05) is 6.07 Å². The summed E-state index contributed by atoms with van der Waals surface area (Å²) in [7, 11) is 0. The second kappa shape index (κ2) is 4.99. The molecular weight excluding hydrogens is 225 g/mol. The Hall–Kier alpha value is -1.55. The van der Waals surface area contributed by atoms with E-state index in [0.29, 0.717) is 5.75 Å². The molecule has 4 heteroatoms. The molecule has 2 nitrogen and oxygen atoms in total. The van der Waals surface area contributed by atoms with E-state index in [9.17, 15) is 9.18 Å². The minimum Gasteiger partial charge on any atom is -0.268 e. The van der Waals surface area contributed by atoms with Gasteiger partial charge in [0.15, 0.2) is 0 Å². The van der Waals surface area contributed by atoms with Gasteiger partial charge in [-0.15, -0.1) is 0 Å². The number of nitrogens with zero attached hydrogens (tertiary/aromatic N) is 1. The first-order valence-electron chi connectivity index (χ1n) is 4.81. The third kappa shape index (κ3) is 2.73. The van der Waals surface area contributed by atoms with E-state index >= 15 is 0 Å². The Morgan fingerprint density at radius 2 is 2.06 bits per heavy atom. The van der Waals surface area contributed by atoms with Crippen molar-refractivity contribution in [3.8, 4) is 0 Å². The van der Waals surface area contributed by atoms with Crippen LogP contribution in [-0.2, 0) is 5.75 Å². The fraction of sp³-hybridized carbons (Fsp3) is 0.0833. The molecule has 0 saturated heterocycles. The zero-order chi connectivity index (χ0) is 11.4. The summed E-state index contributed by atoms with van der Waals surface area (Å²) in [5.74, 6) is 0.320. The van der Waals surface area contributed by atoms with Gasteiger partial charge in [0.25, 0.3) is 5.56 Å². The van der Waals surface area contributed by atoms with Gasteiger partial charge < -0.3 is 0 Å². The van der Waals surface area contributed by atoms with Crippen molar-refractivity contribution < 1.29 is 4.39 Å². The summed E-state index contributed by atoms with van der Waals surface area (Å²) in [5, 5.41) is 0. The van der Waals surface area contributed by atoms with Crippen LogP contribution in [0.2, 0.25) is 0 Å². The normalized spacial score (nSPS) is 10.3. The maximum absolute atomic E-state index is 12.9. The molecule has 0 amide bonds. The summed E-state index contributed by atoms with van der Waals surface area (Å²) in [6, 6.07) is 11.4. The molecule has 1 aromatic heterocycles. The number of hydrogen-bond donors (Lipinski definition) is 0. The summed E-state index contributed by atoms with van der Waals surface area (Å²) >= 11 is 1.35. The van der Waals surface area contributed by atoms with Gasteiger partial charge in [-0.05, 0) is 35.7 Å². The Labute approximate surface area is 96.9 Å². The lowest BCUT2D eigenvalue weighted by atomic mass is 10.2. The summed E-state index contributed by atoms with van der Waals surface area (Å²) in [5.41, 5.74) is 0.796. The molecule has 0 aliphatic heterocycles. The number of aromatic nitrogens is 1. The molecule has 0 aliphatic rings. The quantitative estimate of drug-likeness (QED) is 0.816. The Balaban J connectivity index is 2.08. The van der Waals surface area contributed by atoms with E-state index in [4.69, 9.17) is 0 Å². The smallest absolute Gasteiger partial charge is 0.260 e. The molecule has 0 saturated carbocycles. The predicted octanol–water partition coefficient (Wildman–Crippen LogP) is 2.68. The van der Waals surface area contributed by atoms with Gasteiger partial charge in [0.05, 0.1) is 0 Å². The minimum atomic E-state index is -0.251. The summed E-state index contributed by atoms with van der Waals surface area (Å²) in [6.07, 6.45) is 1.70. The van der Waals surface area contributed by atoms with E-state index in [1.165, 1.54) is 34.1 Å². The maximum atomic E-state index is 12.9. The molecule has 2 aromatic rings. The fourth-order valence-corrected chi connectivity index (χ4v) is 2.10. The van der Waals surface area contributed by atoms with Crippen LogP contribution in [-0.4, -0.2) is 3.97 Å². The second-order valence-electron chi connectivity index (χ2n) is 3.27. The van der Waals surface area contributed by atoms with Crippen molar-refractivity contribution >= 4 is 11.9 Å². The molecule has 0 N–H and O–H groups in total. The SMILES string of the molecule is O=c1ccccn1SCc1cccc(F)c1. The monoisotopic (exact) mass is 235 g/mol. The molecule has 2 rings (SSSR count). The van der Waals surface area contributed by atoms with Crippen molar-refractivity contribution in [2.75, 3.05) is 0 Å². The fourth-order valence-electron chi connectivity index (χ4n) is 1.29. The molecule has 0 spiro atoms. The topological polar surface area (TPSA) is 22.0 Å². The Morgan fingerprint density at radius 1 is 1.19 bits per heavy atom. The van der Waals surface area contributed by atoms with Gasteiger partial charge >= 0.3 is 0 Å². The third-order valence-corrected chi connectivity index (χ3v) is 3.09. The van der Waals surface area contributed by atoms with Crippen LogP contribution in [0.25, 0.3) is 0 Å². The van der Waals surface area contributed by atoms with E-state index in [2.05, 4.69) is 0 Å². The highest BCUT2D eigenvalue weighted by molar-refractivity contribution is 7.97. The average Bonchev–Trinajstić information content (AvgIpc) is 2.28. The van der Waals surface area contributed by atoms with E-state index in [1.54, 1.807) is 24.4 Å². The molecule has 0 fully saturated rings. The Morgan fingerprint density at radius 3 is 2.81 bits per heavy atom. The lowest BCUT2D eigenvalue weighted by Gasteiger charge is -2.03. The highest BCUT2D eigenvalue weighted by atomic mass is 32.2. The number of pyridine rings is 1. The lowest BCUT2D eigenvalue weighted by Crippen LogP contribution is -2.11. The van der Waals surface area contributed by atoms with Crippen LogP contribution in [0.3, 0.4) is 0 Å². The first-order valence-corrected chi connectivity index (χ1v) is 5.75. The number of rotatable bonds is 3. The van der Waals surface area contributed by atoms with Crippen LogP contribution in [0, 0.1) is 5.82 Å².